The van der Waals surface area contributed by atoms with E-state index in [1.165, 1.54) is 32.1 Å². The predicted octanol–water partition coefficient (Wildman–Crippen LogP) is 3.02. The van der Waals surface area contributed by atoms with Crippen molar-refractivity contribution in [1.29, 1.82) is 0 Å². The second-order valence-corrected chi connectivity index (χ2v) is 6.86. The van der Waals surface area contributed by atoms with Gasteiger partial charge in [0, 0.05) is 12.1 Å². The number of carboxylic acid groups (broad SMARTS) is 1. The molecule has 2 N–H and O–H groups in total. The maximum absolute atomic E-state index is 11.8. The minimum absolute atomic E-state index is 0.452. The molecule has 2 fully saturated rings. The topological polar surface area (TPSA) is 52.6 Å². The fourth-order valence-corrected chi connectivity index (χ4v) is 4.22. The van der Waals surface area contributed by atoms with Crippen LogP contribution in [0.5, 0.6) is 0 Å². The van der Waals surface area contributed by atoms with Crippen molar-refractivity contribution >= 4 is 5.97 Å². The van der Waals surface area contributed by atoms with E-state index in [0.29, 0.717) is 12.1 Å². The molecular formula is C17H32N2O2. The number of carbonyl (C=O) groups is 1. The third-order valence-corrected chi connectivity index (χ3v) is 5.47. The van der Waals surface area contributed by atoms with Crippen LogP contribution < -0.4 is 5.32 Å². The number of hydrogen-bond acceptors (Lipinski definition) is 3. The van der Waals surface area contributed by atoms with E-state index >= 15 is 0 Å². The highest BCUT2D eigenvalue weighted by Crippen LogP contribution is 2.36. The summed E-state index contributed by atoms with van der Waals surface area (Å²) in [7, 11) is 0. The fourth-order valence-electron chi connectivity index (χ4n) is 4.22. The van der Waals surface area contributed by atoms with E-state index in [1.54, 1.807) is 0 Å². The van der Waals surface area contributed by atoms with Crippen LogP contribution in [0.15, 0.2) is 0 Å². The van der Waals surface area contributed by atoms with Crippen LogP contribution in [0.2, 0.25) is 0 Å². The number of nitrogens with zero attached hydrogens (tertiary/aromatic N) is 1. The summed E-state index contributed by atoms with van der Waals surface area (Å²) in [6, 6.07) is 1.11. The number of likely N-dealkylation sites (tertiary alicyclic amines) is 1. The largest absolute Gasteiger partial charge is 0.480 e. The van der Waals surface area contributed by atoms with E-state index in [4.69, 9.17) is 0 Å². The Morgan fingerprint density at radius 3 is 2.76 bits per heavy atom. The average molecular weight is 296 g/mol. The summed E-state index contributed by atoms with van der Waals surface area (Å²) in [5, 5.41) is 13.0. The first-order valence-corrected chi connectivity index (χ1v) is 8.87. The summed E-state index contributed by atoms with van der Waals surface area (Å²) in [5.74, 6) is -0.652. The molecule has 1 aliphatic heterocycles. The van der Waals surface area contributed by atoms with Crippen LogP contribution >= 0.6 is 0 Å². The smallest absolute Gasteiger partial charge is 0.323 e. The zero-order valence-corrected chi connectivity index (χ0v) is 13.7. The lowest BCUT2D eigenvalue weighted by Gasteiger charge is -2.36. The lowest BCUT2D eigenvalue weighted by molar-refractivity contribution is -0.144. The van der Waals surface area contributed by atoms with Crippen LogP contribution in [0.3, 0.4) is 0 Å². The molecule has 2 aliphatic rings. The van der Waals surface area contributed by atoms with E-state index in [1.807, 2.05) is 0 Å². The number of aliphatic carboxylic acids is 1. The van der Waals surface area contributed by atoms with Crippen LogP contribution in [-0.4, -0.2) is 46.7 Å². The lowest BCUT2D eigenvalue weighted by Crippen LogP contribution is -2.52. The van der Waals surface area contributed by atoms with Crippen molar-refractivity contribution in [2.24, 2.45) is 0 Å². The van der Waals surface area contributed by atoms with E-state index < -0.39 is 11.5 Å². The first kappa shape index (κ1) is 16.8. The van der Waals surface area contributed by atoms with Crippen LogP contribution in [0.1, 0.15) is 71.6 Å². The van der Waals surface area contributed by atoms with Gasteiger partial charge in [0.15, 0.2) is 0 Å². The Balaban J connectivity index is 2.05. The van der Waals surface area contributed by atoms with Gasteiger partial charge in [-0.05, 0) is 58.0 Å². The van der Waals surface area contributed by atoms with Crippen molar-refractivity contribution in [3.8, 4) is 0 Å². The van der Waals surface area contributed by atoms with Gasteiger partial charge in [0.25, 0.3) is 0 Å². The Morgan fingerprint density at radius 1 is 1.29 bits per heavy atom. The highest BCUT2D eigenvalue weighted by molar-refractivity contribution is 5.79. The van der Waals surface area contributed by atoms with Gasteiger partial charge in [-0.15, -0.1) is 0 Å². The number of carboxylic acids is 1. The molecule has 0 bridgehead atoms. The van der Waals surface area contributed by atoms with Crippen LogP contribution in [0.25, 0.3) is 0 Å². The number of rotatable bonds is 6. The quantitative estimate of drug-likeness (QED) is 0.791. The Kier molecular flexibility index (Phi) is 6.06. The molecule has 4 heteroatoms. The SMILES string of the molecule is CCCNC1(C(=O)O)CCC(N2CCCCCC2CC)C1. The van der Waals surface area contributed by atoms with Gasteiger partial charge >= 0.3 is 5.97 Å². The minimum atomic E-state index is -0.675. The van der Waals surface area contributed by atoms with Gasteiger partial charge in [0.1, 0.15) is 5.54 Å². The van der Waals surface area contributed by atoms with Gasteiger partial charge in [0.2, 0.25) is 0 Å². The second-order valence-electron chi connectivity index (χ2n) is 6.86. The summed E-state index contributed by atoms with van der Waals surface area (Å²) in [6.07, 6.45) is 9.99. The summed E-state index contributed by atoms with van der Waals surface area (Å²) < 4.78 is 0. The summed E-state index contributed by atoms with van der Waals surface area (Å²) in [5.41, 5.74) is -0.675. The monoisotopic (exact) mass is 296 g/mol. The van der Waals surface area contributed by atoms with Crippen LogP contribution in [-0.2, 0) is 4.79 Å². The number of hydrogen-bond donors (Lipinski definition) is 2. The van der Waals surface area contributed by atoms with Crippen molar-refractivity contribution in [3.63, 3.8) is 0 Å². The fraction of sp³-hybridized carbons (Fsp3) is 0.941. The van der Waals surface area contributed by atoms with Gasteiger partial charge in [-0.2, -0.15) is 0 Å². The highest BCUT2D eigenvalue weighted by atomic mass is 16.4. The van der Waals surface area contributed by atoms with Gasteiger partial charge < -0.3 is 10.4 Å². The molecule has 0 aromatic carbocycles. The van der Waals surface area contributed by atoms with Crippen molar-refractivity contribution in [2.45, 2.75) is 89.3 Å². The third kappa shape index (κ3) is 3.78. The van der Waals surface area contributed by atoms with Gasteiger partial charge in [0.05, 0.1) is 0 Å². The van der Waals surface area contributed by atoms with Crippen molar-refractivity contribution in [1.82, 2.24) is 10.2 Å². The summed E-state index contributed by atoms with van der Waals surface area (Å²) in [4.78, 5) is 14.4. The predicted molar refractivity (Wildman–Crippen MR) is 85.6 cm³/mol. The van der Waals surface area contributed by atoms with Crippen LogP contribution in [0.4, 0.5) is 0 Å². The number of nitrogens with one attached hydrogen (secondary N) is 1. The Bertz CT molecular complexity index is 348. The van der Waals surface area contributed by atoms with Crippen molar-refractivity contribution in [2.75, 3.05) is 13.1 Å². The Morgan fingerprint density at radius 2 is 2.10 bits per heavy atom. The van der Waals surface area contributed by atoms with Gasteiger partial charge in [-0.1, -0.05) is 26.7 Å². The minimum Gasteiger partial charge on any atom is -0.480 e. The molecule has 21 heavy (non-hydrogen) atoms. The standard InChI is InChI=1S/C17H32N2O2/c1-3-11-18-17(16(20)21)10-9-15(13-17)19-12-7-5-6-8-14(19)4-2/h14-15,18H,3-13H2,1-2H3,(H,20,21). The Hall–Kier alpha value is -0.610. The molecule has 3 unspecified atom stereocenters. The molecule has 0 spiro atoms. The maximum atomic E-state index is 11.8. The molecule has 1 heterocycles. The normalized spacial score (nSPS) is 34.8. The molecule has 0 amide bonds. The van der Waals surface area contributed by atoms with E-state index in [2.05, 4.69) is 24.1 Å². The zero-order chi connectivity index (χ0) is 15.3. The van der Waals surface area contributed by atoms with Crippen LogP contribution in [0, 0.1) is 0 Å². The van der Waals surface area contributed by atoms with E-state index in [0.717, 1.165) is 38.8 Å². The molecule has 1 saturated carbocycles. The first-order chi connectivity index (χ1) is 10.1. The molecule has 3 atom stereocenters. The van der Waals surface area contributed by atoms with Gasteiger partial charge in [-0.3, -0.25) is 9.69 Å². The molecule has 1 saturated heterocycles. The lowest BCUT2D eigenvalue weighted by atomic mass is 9.96. The Labute approximate surface area is 129 Å². The van der Waals surface area contributed by atoms with Crippen molar-refractivity contribution in [3.05, 3.63) is 0 Å². The molecule has 122 valence electrons. The van der Waals surface area contributed by atoms with E-state index in [-0.39, 0.29) is 0 Å². The molecule has 0 aromatic heterocycles. The molecule has 1 aliphatic carbocycles. The molecule has 2 rings (SSSR count). The molecule has 0 aromatic rings. The molecule has 0 radical (unpaired) electrons. The molecular weight excluding hydrogens is 264 g/mol. The average Bonchev–Trinajstić information content (AvgIpc) is 2.77. The maximum Gasteiger partial charge on any atom is 0.323 e. The van der Waals surface area contributed by atoms with Crippen molar-refractivity contribution < 1.29 is 9.90 Å². The molecule has 4 nitrogen and oxygen atoms in total. The second kappa shape index (κ2) is 7.59. The first-order valence-electron chi connectivity index (χ1n) is 8.87. The zero-order valence-electron chi connectivity index (χ0n) is 13.7. The third-order valence-electron chi connectivity index (χ3n) is 5.47. The highest BCUT2D eigenvalue weighted by Gasteiger charge is 2.47. The van der Waals surface area contributed by atoms with Gasteiger partial charge in [-0.25, -0.2) is 0 Å². The summed E-state index contributed by atoms with van der Waals surface area (Å²) >= 11 is 0. The van der Waals surface area contributed by atoms with E-state index in [9.17, 15) is 9.90 Å². The summed E-state index contributed by atoms with van der Waals surface area (Å²) in [6.45, 7) is 6.33.